The molecular weight excluding hydrogens is 418 g/mol. The number of nitrogens with zero attached hydrogens (tertiary/aromatic N) is 3. The van der Waals surface area contributed by atoms with Gasteiger partial charge in [-0.05, 0) is 42.5 Å². The first kappa shape index (κ1) is 21.9. The van der Waals surface area contributed by atoms with Crippen molar-refractivity contribution in [1.82, 2.24) is 14.7 Å². The van der Waals surface area contributed by atoms with Crippen LogP contribution in [0.2, 0.25) is 0 Å². The molecule has 1 unspecified atom stereocenters. The molecule has 1 atom stereocenters. The first-order valence-electron chi connectivity index (χ1n) is 12.1. The van der Waals surface area contributed by atoms with Gasteiger partial charge in [-0.1, -0.05) is 36.4 Å². The van der Waals surface area contributed by atoms with Crippen LogP contribution in [0.25, 0.3) is 10.8 Å². The third kappa shape index (κ3) is 4.47. The summed E-state index contributed by atoms with van der Waals surface area (Å²) in [5.74, 6) is 0.220. The minimum atomic E-state index is -0.296. The van der Waals surface area contributed by atoms with Crippen LogP contribution in [-0.2, 0) is 14.3 Å². The van der Waals surface area contributed by atoms with Gasteiger partial charge in [0.1, 0.15) is 6.10 Å². The average Bonchev–Trinajstić information content (AvgIpc) is 3.42. The molecule has 0 bridgehead atoms. The summed E-state index contributed by atoms with van der Waals surface area (Å²) >= 11 is 0. The van der Waals surface area contributed by atoms with Gasteiger partial charge in [0.2, 0.25) is 5.91 Å². The Morgan fingerprint density at radius 2 is 1.39 bits per heavy atom. The molecule has 5 rings (SSSR count). The predicted octanol–water partition coefficient (Wildman–Crippen LogP) is 2.54. The minimum absolute atomic E-state index is 0.0407. The molecule has 3 heterocycles. The van der Waals surface area contributed by atoms with E-state index in [4.69, 9.17) is 4.74 Å². The number of rotatable bonds is 3. The van der Waals surface area contributed by atoms with Gasteiger partial charge in [-0.15, -0.1) is 0 Å². The lowest BCUT2D eigenvalue weighted by atomic mass is 9.94. The van der Waals surface area contributed by atoms with E-state index >= 15 is 0 Å². The molecule has 3 fully saturated rings. The number of carbonyl (C=O) groups excluding carboxylic acids is 3. The zero-order chi connectivity index (χ0) is 22.8. The number of likely N-dealkylation sites (tertiary alicyclic amines) is 1. The number of hydrogen-bond donors (Lipinski definition) is 0. The molecule has 0 aliphatic carbocycles. The van der Waals surface area contributed by atoms with Gasteiger partial charge in [-0.2, -0.15) is 0 Å². The van der Waals surface area contributed by atoms with Crippen LogP contribution in [0.3, 0.4) is 0 Å². The Hall–Kier alpha value is -2.93. The molecule has 2 aromatic carbocycles. The molecule has 3 saturated heterocycles. The van der Waals surface area contributed by atoms with Crippen LogP contribution in [0, 0.1) is 5.92 Å². The molecule has 0 saturated carbocycles. The summed E-state index contributed by atoms with van der Waals surface area (Å²) in [5.41, 5.74) is 0.727. The van der Waals surface area contributed by atoms with Gasteiger partial charge >= 0.3 is 0 Å². The van der Waals surface area contributed by atoms with Crippen molar-refractivity contribution in [2.24, 2.45) is 5.92 Å². The summed E-state index contributed by atoms with van der Waals surface area (Å²) in [6.07, 6.45) is 2.82. The van der Waals surface area contributed by atoms with E-state index in [9.17, 15) is 14.4 Å². The third-order valence-corrected chi connectivity index (χ3v) is 7.26. The van der Waals surface area contributed by atoms with Crippen molar-refractivity contribution >= 4 is 28.5 Å². The Morgan fingerprint density at radius 1 is 0.727 bits per heavy atom. The van der Waals surface area contributed by atoms with Crippen LogP contribution in [-0.4, -0.2) is 84.4 Å². The van der Waals surface area contributed by atoms with Gasteiger partial charge in [0.15, 0.2) is 0 Å². The molecule has 0 aromatic heterocycles. The highest BCUT2D eigenvalue weighted by Gasteiger charge is 2.35. The molecule has 33 heavy (non-hydrogen) atoms. The highest BCUT2D eigenvalue weighted by molar-refractivity contribution is 6.07. The van der Waals surface area contributed by atoms with Crippen LogP contribution in [0.15, 0.2) is 42.5 Å². The van der Waals surface area contributed by atoms with Gasteiger partial charge in [-0.3, -0.25) is 14.4 Å². The van der Waals surface area contributed by atoms with E-state index in [1.807, 2.05) is 57.2 Å². The van der Waals surface area contributed by atoms with Crippen LogP contribution in [0.1, 0.15) is 36.0 Å². The fraction of sp³-hybridized carbons (Fsp3) is 0.500. The first-order chi connectivity index (χ1) is 16.1. The average molecular weight is 450 g/mol. The lowest BCUT2D eigenvalue weighted by molar-refractivity contribution is -0.147. The van der Waals surface area contributed by atoms with Crippen molar-refractivity contribution in [3.05, 3.63) is 48.0 Å². The number of fused-ring (bicyclic) bond motifs is 1. The highest BCUT2D eigenvalue weighted by atomic mass is 16.5. The maximum Gasteiger partial charge on any atom is 0.254 e. The lowest BCUT2D eigenvalue weighted by Crippen LogP contribution is -2.54. The largest absolute Gasteiger partial charge is 0.368 e. The lowest BCUT2D eigenvalue weighted by Gasteiger charge is -2.39. The van der Waals surface area contributed by atoms with Crippen molar-refractivity contribution in [2.45, 2.75) is 31.8 Å². The SMILES string of the molecule is O=C(c1cccc2ccccc12)N1CCC(C(=O)N2CCN(C(=O)C3CCCO3)CC2)CC1. The van der Waals surface area contributed by atoms with Crippen molar-refractivity contribution in [1.29, 1.82) is 0 Å². The third-order valence-electron chi connectivity index (χ3n) is 7.26. The summed E-state index contributed by atoms with van der Waals surface area (Å²) < 4.78 is 5.52. The molecule has 3 aliphatic heterocycles. The van der Waals surface area contributed by atoms with E-state index in [1.165, 1.54) is 0 Å². The van der Waals surface area contributed by atoms with Crippen LogP contribution >= 0.6 is 0 Å². The fourth-order valence-electron chi connectivity index (χ4n) is 5.29. The fourth-order valence-corrected chi connectivity index (χ4v) is 5.29. The Bertz CT molecular complexity index is 1030. The Kier molecular flexibility index (Phi) is 6.31. The molecule has 0 spiro atoms. The number of ether oxygens (including phenoxy) is 1. The molecule has 3 aliphatic rings. The molecule has 0 radical (unpaired) electrons. The summed E-state index contributed by atoms with van der Waals surface area (Å²) in [5, 5.41) is 2.03. The van der Waals surface area contributed by atoms with Gasteiger partial charge in [0.25, 0.3) is 11.8 Å². The summed E-state index contributed by atoms with van der Waals surface area (Å²) in [4.78, 5) is 44.4. The highest BCUT2D eigenvalue weighted by Crippen LogP contribution is 2.25. The summed E-state index contributed by atoms with van der Waals surface area (Å²) in [6, 6.07) is 13.8. The Morgan fingerprint density at radius 3 is 2.09 bits per heavy atom. The number of amides is 3. The second-order valence-electron chi connectivity index (χ2n) is 9.25. The van der Waals surface area contributed by atoms with Crippen LogP contribution in [0.5, 0.6) is 0 Å². The van der Waals surface area contributed by atoms with Gasteiger partial charge < -0.3 is 19.4 Å². The summed E-state index contributed by atoms with van der Waals surface area (Å²) in [7, 11) is 0. The molecule has 0 N–H and O–H groups in total. The quantitative estimate of drug-likeness (QED) is 0.722. The zero-order valence-electron chi connectivity index (χ0n) is 18.9. The monoisotopic (exact) mass is 449 g/mol. The second-order valence-corrected chi connectivity index (χ2v) is 9.25. The number of hydrogen-bond acceptors (Lipinski definition) is 4. The van der Waals surface area contributed by atoms with Crippen molar-refractivity contribution in [2.75, 3.05) is 45.9 Å². The van der Waals surface area contributed by atoms with E-state index in [0.717, 1.165) is 29.2 Å². The minimum Gasteiger partial charge on any atom is -0.368 e. The number of piperazine rings is 1. The van der Waals surface area contributed by atoms with Crippen LogP contribution in [0.4, 0.5) is 0 Å². The van der Waals surface area contributed by atoms with E-state index in [0.29, 0.717) is 58.7 Å². The molecule has 7 heteroatoms. The van der Waals surface area contributed by atoms with Crippen molar-refractivity contribution in [3.63, 3.8) is 0 Å². The maximum atomic E-state index is 13.2. The topological polar surface area (TPSA) is 70.2 Å². The van der Waals surface area contributed by atoms with Crippen LogP contribution < -0.4 is 0 Å². The molecular formula is C26H31N3O4. The molecule has 174 valence electrons. The van der Waals surface area contributed by atoms with Gasteiger partial charge in [0, 0.05) is 57.4 Å². The molecule has 7 nitrogen and oxygen atoms in total. The Labute approximate surface area is 194 Å². The number of carbonyl (C=O) groups is 3. The van der Waals surface area contributed by atoms with Gasteiger partial charge in [0.05, 0.1) is 0 Å². The van der Waals surface area contributed by atoms with E-state index in [2.05, 4.69) is 0 Å². The number of benzene rings is 2. The van der Waals surface area contributed by atoms with E-state index in [1.54, 1.807) is 0 Å². The number of piperidine rings is 1. The summed E-state index contributed by atoms with van der Waals surface area (Å²) in [6.45, 7) is 4.15. The second kappa shape index (κ2) is 9.51. The zero-order valence-corrected chi connectivity index (χ0v) is 18.9. The predicted molar refractivity (Wildman–Crippen MR) is 125 cm³/mol. The molecule has 3 amide bonds. The normalized spacial score (nSPS) is 22.1. The standard InChI is InChI=1S/C26H31N3O4/c30-24(28-14-16-29(17-15-28)26(32)23-9-4-18-33-23)20-10-12-27(13-11-20)25(31)22-8-3-6-19-5-1-2-7-21(19)22/h1-3,5-8,20,23H,4,9-18H2. The van der Waals surface area contributed by atoms with Crippen molar-refractivity contribution < 1.29 is 19.1 Å². The van der Waals surface area contributed by atoms with Crippen molar-refractivity contribution in [3.8, 4) is 0 Å². The van der Waals surface area contributed by atoms with Gasteiger partial charge in [-0.25, -0.2) is 0 Å². The maximum absolute atomic E-state index is 13.2. The first-order valence-corrected chi connectivity index (χ1v) is 12.1. The van der Waals surface area contributed by atoms with E-state index in [-0.39, 0.29) is 29.7 Å². The Balaban J connectivity index is 1.14. The van der Waals surface area contributed by atoms with E-state index < -0.39 is 0 Å². The smallest absolute Gasteiger partial charge is 0.254 e. The molecule has 2 aromatic rings.